The van der Waals surface area contributed by atoms with Crippen molar-refractivity contribution in [1.29, 1.82) is 0 Å². The third-order valence-corrected chi connectivity index (χ3v) is 3.25. The smallest absolute Gasteiger partial charge is 0.221 e. The van der Waals surface area contributed by atoms with Gasteiger partial charge >= 0.3 is 0 Å². The third kappa shape index (κ3) is 2.92. The van der Waals surface area contributed by atoms with E-state index in [2.05, 4.69) is 28.7 Å². The summed E-state index contributed by atoms with van der Waals surface area (Å²) >= 11 is 0. The van der Waals surface area contributed by atoms with E-state index in [-0.39, 0.29) is 5.91 Å². The number of aryl methyl sites for hydroxylation is 1. The predicted molar refractivity (Wildman–Crippen MR) is 81.5 cm³/mol. The Kier molecular flexibility index (Phi) is 4.27. The first-order valence-corrected chi connectivity index (χ1v) is 7.05. The van der Waals surface area contributed by atoms with Gasteiger partial charge in [0.2, 0.25) is 5.91 Å². The second-order valence-corrected chi connectivity index (χ2v) is 5.23. The lowest BCUT2D eigenvalue weighted by molar-refractivity contribution is -0.121. The zero-order valence-corrected chi connectivity index (χ0v) is 12.3. The van der Waals surface area contributed by atoms with Crippen molar-refractivity contribution >= 4 is 22.6 Å². The second kappa shape index (κ2) is 5.94. The number of carbonyl (C=O) groups is 1. The van der Waals surface area contributed by atoms with Crippen molar-refractivity contribution in [2.45, 2.75) is 39.7 Å². The molecule has 20 heavy (non-hydrogen) atoms. The fourth-order valence-corrected chi connectivity index (χ4v) is 2.34. The average molecular weight is 274 g/mol. The molecular weight excluding hydrogens is 252 g/mol. The molecule has 2 rings (SSSR count). The fraction of sp³-hybridized carbons (Fsp3) is 0.467. The number of aromatic nitrogens is 2. The van der Waals surface area contributed by atoms with E-state index in [1.807, 2.05) is 25.1 Å². The minimum absolute atomic E-state index is 0.0690. The lowest BCUT2D eigenvalue weighted by atomic mass is 10.2. The van der Waals surface area contributed by atoms with Gasteiger partial charge in [0.15, 0.2) is 0 Å². The van der Waals surface area contributed by atoms with E-state index >= 15 is 0 Å². The van der Waals surface area contributed by atoms with Crippen molar-refractivity contribution in [3.63, 3.8) is 0 Å². The quantitative estimate of drug-likeness (QED) is 0.821. The maximum Gasteiger partial charge on any atom is 0.221 e. The molecule has 1 aromatic heterocycles. The molecule has 0 saturated carbocycles. The van der Waals surface area contributed by atoms with Crippen molar-refractivity contribution in [3.8, 4) is 0 Å². The van der Waals surface area contributed by atoms with Gasteiger partial charge in [-0.05, 0) is 25.1 Å². The summed E-state index contributed by atoms with van der Waals surface area (Å²) in [7, 11) is 0. The lowest BCUT2D eigenvalue weighted by Crippen LogP contribution is -2.24. The first kappa shape index (κ1) is 14.4. The molecule has 0 bridgehead atoms. The molecule has 0 aliphatic heterocycles. The van der Waals surface area contributed by atoms with E-state index < -0.39 is 0 Å². The van der Waals surface area contributed by atoms with E-state index in [0.29, 0.717) is 31.1 Å². The molecular formula is C15H22N4O. The largest absolute Gasteiger partial charge is 0.399 e. The summed E-state index contributed by atoms with van der Waals surface area (Å²) in [5, 5.41) is 2.82. The van der Waals surface area contributed by atoms with Gasteiger partial charge in [0.05, 0.1) is 11.0 Å². The topological polar surface area (TPSA) is 72.9 Å². The predicted octanol–water partition coefficient (Wildman–Crippen LogP) is 2.27. The second-order valence-electron chi connectivity index (χ2n) is 5.23. The minimum atomic E-state index is 0.0690. The molecule has 1 amide bonds. The zero-order chi connectivity index (χ0) is 14.7. The lowest BCUT2D eigenvalue weighted by Gasteiger charge is -2.11. The Labute approximate surface area is 119 Å². The van der Waals surface area contributed by atoms with Crippen molar-refractivity contribution in [3.05, 3.63) is 24.0 Å². The number of nitrogens with two attached hydrogens (primary N) is 1. The van der Waals surface area contributed by atoms with Crippen LogP contribution in [0, 0.1) is 0 Å². The van der Waals surface area contributed by atoms with Crippen LogP contribution in [-0.2, 0) is 11.3 Å². The number of anilines is 1. The van der Waals surface area contributed by atoms with Crippen LogP contribution >= 0.6 is 0 Å². The summed E-state index contributed by atoms with van der Waals surface area (Å²) in [6.07, 6.45) is 0.462. The normalized spacial score (nSPS) is 11.2. The maximum atomic E-state index is 11.6. The number of hydrogen-bond donors (Lipinski definition) is 2. The molecule has 5 nitrogen and oxygen atoms in total. The Bertz CT molecular complexity index is 616. The summed E-state index contributed by atoms with van der Waals surface area (Å²) in [5.74, 6) is 1.37. The van der Waals surface area contributed by atoms with Crippen LogP contribution in [0.1, 0.15) is 38.9 Å². The van der Waals surface area contributed by atoms with Crippen LogP contribution in [0.3, 0.4) is 0 Å². The number of imidazole rings is 1. The average Bonchev–Trinajstić information content (AvgIpc) is 2.74. The molecule has 0 aliphatic rings. The van der Waals surface area contributed by atoms with Gasteiger partial charge in [0.25, 0.3) is 0 Å². The molecule has 0 aliphatic carbocycles. The Morgan fingerprint density at radius 1 is 1.45 bits per heavy atom. The number of fused-ring (bicyclic) bond motifs is 1. The molecule has 108 valence electrons. The molecule has 0 unspecified atom stereocenters. The Morgan fingerprint density at radius 2 is 2.20 bits per heavy atom. The molecule has 3 N–H and O–H groups in total. The van der Waals surface area contributed by atoms with E-state index in [9.17, 15) is 4.79 Å². The van der Waals surface area contributed by atoms with Crippen molar-refractivity contribution in [1.82, 2.24) is 14.9 Å². The van der Waals surface area contributed by atoms with Crippen LogP contribution < -0.4 is 11.1 Å². The van der Waals surface area contributed by atoms with Gasteiger partial charge in [-0.25, -0.2) is 4.98 Å². The number of rotatable bonds is 5. The van der Waals surface area contributed by atoms with Crippen LogP contribution in [-0.4, -0.2) is 22.0 Å². The Morgan fingerprint density at radius 3 is 2.85 bits per heavy atom. The molecule has 1 heterocycles. The zero-order valence-electron chi connectivity index (χ0n) is 12.3. The number of amides is 1. The van der Waals surface area contributed by atoms with Crippen molar-refractivity contribution < 1.29 is 4.79 Å². The Balaban J connectivity index is 2.34. The number of benzene rings is 1. The molecule has 0 radical (unpaired) electrons. The van der Waals surface area contributed by atoms with Crippen LogP contribution in [0.2, 0.25) is 0 Å². The van der Waals surface area contributed by atoms with Gasteiger partial charge in [-0.15, -0.1) is 0 Å². The third-order valence-electron chi connectivity index (χ3n) is 3.25. The highest BCUT2D eigenvalue weighted by atomic mass is 16.1. The molecule has 0 saturated heterocycles. The van der Waals surface area contributed by atoms with Crippen molar-refractivity contribution in [2.24, 2.45) is 0 Å². The highest BCUT2D eigenvalue weighted by Gasteiger charge is 2.14. The number of nitrogens with zero attached hydrogens (tertiary/aromatic N) is 2. The van der Waals surface area contributed by atoms with Gasteiger partial charge in [0.1, 0.15) is 5.82 Å². The summed E-state index contributed by atoms with van der Waals surface area (Å²) in [5.41, 5.74) is 8.44. The van der Waals surface area contributed by atoms with E-state index in [4.69, 9.17) is 5.73 Å². The fourth-order valence-electron chi connectivity index (χ4n) is 2.34. The molecule has 0 fully saturated rings. The van der Waals surface area contributed by atoms with Crippen LogP contribution in [0.5, 0.6) is 0 Å². The molecule has 1 aromatic carbocycles. The van der Waals surface area contributed by atoms with Crippen LogP contribution in [0.4, 0.5) is 5.69 Å². The number of hydrogen-bond acceptors (Lipinski definition) is 3. The summed E-state index contributed by atoms with van der Waals surface area (Å²) in [6.45, 7) is 7.43. The highest BCUT2D eigenvalue weighted by Crippen LogP contribution is 2.23. The van der Waals surface area contributed by atoms with Crippen LogP contribution in [0.15, 0.2) is 18.2 Å². The number of carbonyl (C=O) groups excluding carboxylic acids is 1. The first-order valence-electron chi connectivity index (χ1n) is 7.05. The number of nitrogens with one attached hydrogen (secondary N) is 1. The van der Waals surface area contributed by atoms with Crippen molar-refractivity contribution in [2.75, 3.05) is 12.3 Å². The maximum absolute atomic E-state index is 11.6. The van der Waals surface area contributed by atoms with Gasteiger partial charge in [-0.2, -0.15) is 0 Å². The van der Waals surface area contributed by atoms with Crippen LogP contribution in [0.25, 0.3) is 11.0 Å². The van der Waals surface area contributed by atoms with Gasteiger partial charge in [0, 0.05) is 31.1 Å². The van der Waals surface area contributed by atoms with E-state index in [1.165, 1.54) is 0 Å². The minimum Gasteiger partial charge on any atom is -0.399 e. The summed E-state index contributed by atoms with van der Waals surface area (Å²) in [4.78, 5) is 16.3. The standard InChI is InChI=1S/C15H22N4O/c1-4-17-14(20)7-8-19-13-6-5-11(16)9-12(13)18-15(19)10(2)3/h5-6,9-10H,4,7-8,16H2,1-3H3,(H,17,20). The molecule has 0 spiro atoms. The van der Waals surface area contributed by atoms with Gasteiger partial charge < -0.3 is 15.6 Å². The Hall–Kier alpha value is -2.04. The first-order chi connectivity index (χ1) is 9.52. The SMILES string of the molecule is CCNC(=O)CCn1c(C(C)C)nc2cc(N)ccc21. The van der Waals surface area contributed by atoms with Gasteiger partial charge in [-0.1, -0.05) is 13.8 Å². The van der Waals surface area contributed by atoms with E-state index in [1.54, 1.807) is 0 Å². The van der Waals surface area contributed by atoms with E-state index in [0.717, 1.165) is 16.9 Å². The highest BCUT2D eigenvalue weighted by molar-refractivity contribution is 5.80. The molecule has 0 atom stereocenters. The summed E-state index contributed by atoms with van der Waals surface area (Å²) < 4.78 is 2.12. The molecule has 2 aromatic rings. The number of nitrogen functional groups attached to an aromatic ring is 1. The molecule has 5 heteroatoms. The monoisotopic (exact) mass is 274 g/mol. The summed E-state index contributed by atoms with van der Waals surface area (Å²) in [6, 6.07) is 5.72. The van der Waals surface area contributed by atoms with Gasteiger partial charge in [-0.3, -0.25) is 4.79 Å².